The van der Waals surface area contributed by atoms with Gasteiger partial charge in [0, 0.05) is 11.3 Å². The van der Waals surface area contributed by atoms with Crippen LogP contribution in [-0.4, -0.2) is 20.7 Å². The second kappa shape index (κ2) is 8.67. The lowest BCUT2D eigenvalue weighted by Crippen LogP contribution is -2.23. The molecule has 4 nitrogen and oxygen atoms in total. The van der Waals surface area contributed by atoms with Crippen LogP contribution in [0.25, 0.3) is 22.2 Å². The first-order valence-corrected chi connectivity index (χ1v) is 10.3. The second-order valence-electron chi connectivity index (χ2n) is 6.69. The van der Waals surface area contributed by atoms with Gasteiger partial charge in [-0.15, -0.1) is 0 Å². The van der Waals surface area contributed by atoms with E-state index in [-0.39, 0.29) is 11.1 Å². The molecule has 1 aromatic heterocycles. The van der Waals surface area contributed by atoms with E-state index < -0.39 is 11.8 Å². The van der Waals surface area contributed by atoms with Gasteiger partial charge in [0.2, 0.25) is 5.91 Å². The summed E-state index contributed by atoms with van der Waals surface area (Å²) in [5.74, 6) is -0.281. The van der Waals surface area contributed by atoms with Crippen molar-refractivity contribution in [3.63, 3.8) is 0 Å². The molecule has 0 aliphatic rings. The molecule has 1 N–H and O–H groups in total. The lowest BCUT2D eigenvalue weighted by molar-refractivity contribution is -0.115. The molecule has 4 rings (SSSR count). The van der Waals surface area contributed by atoms with E-state index in [1.807, 2.05) is 54.6 Å². The number of amides is 1. The molecule has 0 aliphatic heterocycles. The summed E-state index contributed by atoms with van der Waals surface area (Å²) in [6, 6.07) is 23.9. The number of benzene rings is 3. The lowest BCUT2D eigenvalue weighted by Gasteiger charge is -2.15. The van der Waals surface area contributed by atoms with Gasteiger partial charge in [0.05, 0.1) is 16.3 Å². The second-order valence-corrected chi connectivity index (χ2v) is 8.00. The number of thioether (sulfide) groups is 1. The minimum absolute atomic E-state index is 0.116. The first kappa shape index (κ1) is 20.1. The number of rotatable bonds is 6. The van der Waals surface area contributed by atoms with Crippen molar-refractivity contribution >= 4 is 34.4 Å². The van der Waals surface area contributed by atoms with Gasteiger partial charge >= 0.3 is 6.55 Å². The normalized spacial score (nSPS) is 12.3. The van der Waals surface area contributed by atoms with Crippen molar-refractivity contribution in [1.29, 1.82) is 0 Å². The van der Waals surface area contributed by atoms with Crippen LogP contribution in [0, 0.1) is 0 Å². The Morgan fingerprint density at radius 1 is 0.967 bits per heavy atom. The number of hydrogen-bond acceptors (Lipinski definition) is 3. The van der Waals surface area contributed by atoms with E-state index >= 15 is 0 Å². The molecular weight excluding hydrogens is 404 g/mol. The summed E-state index contributed by atoms with van der Waals surface area (Å²) in [6.07, 6.45) is 0. The van der Waals surface area contributed by atoms with Crippen LogP contribution in [0.1, 0.15) is 13.5 Å². The number of halogens is 2. The van der Waals surface area contributed by atoms with Gasteiger partial charge in [-0.25, -0.2) is 4.98 Å². The van der Waals surface area contributed by atoms with Gasteiger partial charge in [-0.3, -0.25) is 9.36 Å². The highest BCUT2D eigenvalue weighted by atomic mass is 32.2. The Morgan fingerprint density at radius 3 is 2.40 bits per heavy atom. The Balaban J connectivity index is 1.57. The summed E-state index contributed by atoms with van der Waals surface area (Å²) >= 11 is 1.01. The summed E-state index contributed by atoms with van der Waals surface area (Å²) in [5.41, 5.74) is 3.36. The van der Waals surface area contributed by atoms with Crippen molar-refractivity contribution in [3.8, 4) is 11.1 Å². The fourth-order valence-corrected chi connectivity index (χ4v) is 4.13. The van der Waals surface area contributed by atoms with Gasteiger partial charge in [-0.1, -0.05) is 72.4 Å². The molecule has 1 unspecified atom stereocenters. The minimum atomic E-state index is -2.74. The summed E-state index contributed by atoms with van der Waals surface area (Å²) < 4.78 is 28.1. The maximum atomic E-state index is 13.6. The van der Waals surface area contributed by atoms with E-state index in [1.165, 1.54) is 0 Å². The predicted molar refractivity (Wildman–Crippen MR) is 117 cm³/mol. The molecule has 0 radical (unpaired) electrons. The Morgan fingerprint density at radius 2 is 1.63 bits per heavy atom. The quantitative estimate of drug-likeness (QED) is 0.375. The standard InChI is InChI=1S/C23H19F2N3OS/c1-15(30-23-27-19-13-7-8-14-20(19)28(23)22(24)25)21(29)26-18-12-6-5-11-17(18)16-9-3-2-4-10-16/h2-15,22H,1H3,(H,26,29). The van der Waals surface area contributed by atoms with Crippen LogP contribution in [0.3, 0.4) is 0 Å². The molecular formula is C23H19F2N3OS. The van der Waals surface area contributed by atoms with Crippen molar-refractivity contribution in [3.05, 3.63) is 78.9 Å². The highest BCUT2D eigenvalue weighted by Gasteiger charge is 2.23. The van der Waals surface area contributed by atoms with Crippen molar-refractivity contribution < 1.29 is 13.6 Å². The minimum Gasteiger partial charge on any atom is -0.325 e. The van der Waals surface area contributed by atoms with E-state index in [9.17, 15) is 13.6 Å². The van der Waals surface area contributed by atoms with Gasteiger partial charge < -0.3 is 5.32 Å². The molecule has 3 aromatic carbocycles. The van der Waals surface area contributed by atoms with Crippen LogP contribution in [-0.2, 0) is 4.79 Å². The Hall–Kier alpha value is -3.19. The van der Waals surface area contributed by atoms with Crippen LogP contribution >= 0.6 is 11.8 Å². The molecule has 0 saturated carbocycles. The molecule has 1 heterocycles. The molecule has 0 fully saturated rings. The number of nitrogens with zero attached hydrogens (tertiary/aromatic N) is 2. The molecule has 0 bridgehead atoms. The van der Waals surface area contributed by atoms with Crippen molar-refractivity contribution in [2.24, 2.45) is 0 Å². The number of anilines is 1. The molecule has 30 heavy (non-hydrogen) atoms. The number of imidazole rings is 1. The SMILES string of the molecule is CC(Sc1nc2ccccc2n1C(F)F)C(=O)Nc1ccccc1-c1ccccc1. The topological polar surface area (TPSA) is 46.9 Å². The molecule has 0 saturated heterocycles. The van der Waals surface area contributed by atoms with E-state index in [0.717, 1.165) is 27.5 Å². The van der Waals surface area contributed by atoms with Crippen molar-refractivity contribution in [1.82, 2.24) is 9.55 Å². The fourth-order valence-electron chi connectivity index (χ4n) is 3.20. The summed E-state index contributed by atoms with van der Waals surface area (Å²) in [5, 5.41) is 2.42. The summed E-state index contributed by atoms with van der Waals surface area (Å²) in [7, 11) is 0. The molecule has 7 heteroatoms. The zero-order valence-corrected chi connectivity index (χ0v) is 16.9. The number of carbonyl (C=O) groups excluding carboxylic acids is 1. The molecule has 152 valence electrons. The van der Waals surface area contributed by atoms with E-state index in [0.29, 0.717) is 16.7 Å². The van der Waals surface area contributed by atoms with E-state index in [2.05, 4.69) is 10.3 Å². The van der Waals surface area contributed by atoms with Crippen LogP contribution in [0.4, 0.5) is 14.5 Å². The third kappa shape index (κ3) is 4.07. The van der Waals surface area contributed by atoms with Crippen molar-refractivity contribution in [2.45, 2.75) is 23.9 Å². The average Bonchev–Trinajstić information content (AvgIpc) is 3.12. The van der Waals surface area contributed by atoms with Gasteiger partial charge in [0.25, 0.3) is 0 Å². The number of para-hydroxylation sites is 3. The van der Waals surface area contributed by atoms with Gasteiger partial charge in [0.1, 0.15) is 0 Å². The first-order valence-electron chi connectivity index (χ1n) is 9.41. The lowest BCUT2D eigenvalue weighted by atomic mass is 10.0. The van der Waals surface area contributed by atoms with Crippen molar-refractivity contribution in [2.75, 3.05) is 5.32 Å². The maximum absolute atomic E-state index is 13.6. The third-order valence-electron chi connectivity index (χ3n) is 4.68. The number of hydrogen-bond donors (Lipinski definition) is 1. The summed E-state index contributed by atoms with van der Waals surface area (Å²) in [6.45, 7) is -1.06. The first-order chi connectivity index (χ1) is 14.5. The van der Waals surface area contributed by atoms with Crippen LogP contribution < -0.4 is 5.32 Å². The molecule has 1 amide bonds. The van der Waals surface area contributed by atoms with E-state index in [1.54, 1.807) is 31.2 Å². The smallest absolute Gasteiger partial charge is 0.321 e. The Kier molecular flexibility index (Phi) is 5.81. The number of nitrogens with one attached hydrogen (secondary N) is 1. The zero-order valence-electron chi connectivity index (χ0n) is 16.1. The zero-order chi connectivity index (χ0) is 21.1. The van der Waals surface area contributed by atoms with Gasteiger partial charge in [-0.05, 0) is 30.7 Å². The average molecular weight is 423 g/mol. The number of fused-ring (bicyclic) bond motifs is 1. The maximum Gasteiger partial charge on any atom is 0.321 e. The van der Waals surface area contributed by atoms with Gasteiger partial charge in [0.15, 0.2) is 5.16 Å². The molecule has 0 spiro atoms. The van der Waals surface area contributed by atoms with Gasteiger partial charge in [-0.2, -0.15) is 8.78 Å². The summed E-state index contributed by atoms with van der Waals surface area (Å²) in [4.78, 5) is 17.1. The monoisotopic (exact) mass is 423 g/mol. The van der Waals surface area contributed by atoms with Crippen LogP contribution in [0.15, 0.2) is 84.0 Å². The molecule has 0 aliphatic carbocycles. The highest BCUT2D eigenvalue weighted by Crippen LogP contribution is 2.33. The highest BCUT2D eigenvalue weighted by molar-refractivity contribution is 8.00. The predicted octanol–water partition coefficient (Wildman–Crippen LogP) is 6.22. The molecule has 1 atom stereocenters. The number of alkyl halides is 2. The third-order valence-corrected chi connectivity index (χ3v) is 5.75. The number of aromatic nitrogens is 2. The molecule has 4 aromatic rings. The van der Waals surface area contributed by atoms with Crippen LogP contribution in [0.2, 0.25) is 0 Å². The Bertz CT molecular complexity index is 1180. The van der Waals surface area contributed by atoms with Crippen LogP contribution in [0.5, 0.6) is 0 Å². The largest absolute Gasteiger partial charge is 0.325 e. The number of carbonyl (C=O) groups is 1. The Labute approximate surface area is 176 Å². The fraction of sp³-hybridized carbons (Fsp3) is 0.130. The van der Waals surface area contributed by atoms with E-state index in [4.69, 9.17) is 0 Å².